The van der Waals surface area contributed by atoms with Gasteiger partial charge in [0.2, 0.25) is 0 Å². The largest absolute Gasteiger partial charge is 0.397 e. The van der Waals surface area contributed by atoms with Crippen molar-refractivity contribution in [2.45, 2.75) is 33.1 Å². The van der Waals surface area contributed by atoms with Crippen LogP contribution in [-0.4, -0.2) is 38.4 Å². The van der Waals surface area contributed by atoms with Crippen molar-refractivity contribution in [3.63, 3.8) is 0 Å². The lowest BCUT2D eigenvalue weighted by Crippen LogP contribution is -2.10. The van der Waals surface area contributed by atoms with Gasteiger partial charge in [0.1, 0.15) is 13.1 Å². The van der Waals surface area contributed by atoms with E-state index >= 15 is 0 Å². The summed E-state index contributed by atoms with van der Waals surface area (Å²) < 4.78 is 0. The standard InChI is InChI=1S/C8H17NO.C2H6O.CH2O/c1-3-8(7-10)5-4-6-9-2;1-2-3;1-2/h7-9H,3-6H2,1-2H3;3H,2H2,1H3;1H2. The van der Waals surface area contributed by atoms with Gasteiger partial charge in [0.25, 0.3) is 0 Å². The minimum atomic E-state index is 0.250. The van der Waals surface area contributed by atoms with Gasteiger partial charge >= 0.3 is 0 Å². The molecule has 15 heavy (non-hydrogen) atoms. The molecule has 0 radical (unpaired) electrons. The van der Waals surface area contributed by atoms with Crippen molar-refractivity contribution in [1.82, 2.24) is 5.32 Å². The molecule has 4 nitrogen and oxygen atoms in total. The molecule has 0 amide bonds. The summed E-state index contributed by atoms with van der Waals surface area (Å²) in [6, 6.07) is 0. The zero-order chi connectivity index (χ0) is 12.5. The quantitative estimate of drug-likeness (QED) is 0.517. The molecule has 0 saturated heterocycles. The molecule has 0 spiro atoms. The van der Waals surface area contributed by atoms with E-state index in [0.29, 0.717) is 0 Å². The van der Waals surface area contributed by atoms with Crippen molar-refractivity contribution in [2.24, 2.45) is 5.92 Å². The fourth-order valence-corrected chi connectivity index (χ4v) is 0.909. The lowest BCUT2D eigenvalue weighted by atomic mass is 10.0. The van der Waals surface area contributed by atoms with Crippen molar-refractivity contribution in [2.75, 3.05) is 20.2 Å². The Balaban J connectivity index is -0.000000245. The smallest absolute Gasteiger partial charge is 0.123 e. The molecule has 0 aromatic heterocycles. The van der Waals surface area contributed by atoms with Crippen molar-refractivity contribution >= 4 is 13.1 Å². The van der Waals surface area contributed by atoms with Crippen LogP contribution in [0.25, 0.3) is 0 Å². The number of carbonyl (C=O) groups is 2. The summed E-state index contributed by atoms with van der Waals surface area (Å²) in [6.45, 7) is 7.00. The van der Waals surface area contributed by atoms with E-state index in [1.165, 1.54) is 0 Å². The Bertz CT molecular complexity index is 110. The number of hydrogen-bond donors (Lipinski definition) is 2. The average molecular weight is 219 g/mol. The molecule has 1 atom stereocenters. The number of rotatable bonds is 6. The highest BCUT2D eigenvalue weighted by atomic mass is 16.2. The van der Waals surface area contributed by atoms with Gasteiger partial charge < -0.3 is 20.0 Å². The van der Waals surface area contributed by atoms with Gasteiger partial charge in [-0.2, -0.15) is 0 Å². The summed E-state index contributed by atoms with van der Waals surface area (Å²) in [5.41, 5.74) is 0. The SMILES string of the molecule is C=O.CCC(C=O)CCCNC.CCO. The van der Waals surface area contributed by atoms with Gasteiger partial charge in [-0.05, 0) is 39.8 Å². The van der Waals surface area contributed by atoms with Gasteiger partial charge in [0, 0.05) is 12.5 Å². The summed E-state index contributed by atoms with van der Waals surface area (Å²) in [4.78, 5) is 18.3. The second kappa shape index (κ2) is 23.2. The molecule has 0 heterocycles. The molecule has 0 aromatic rings. The Labute approximate surface area is 93.1 Å². The van der Waals surface area contributed by atoms with E-state index in [-0.39, 0.29) is 12.5 Å². The highest BCUT2D eigenvalue weighted by Crippen LogP contribution is 2.06. The number of aldehydes is 1. The number of aliphatic hydroxyl groups excluding tert-OH is 1. The van der Waals surface area contributed by atoms with Crippen LogP contribution in [0.1, 0.15) is 33.1 Å². The summed E-state index contributed by atoms with van der Waals surface area (Å²) in [7, 11) is 1.93. The molecule has 0 saturated carbocycles. The topological polar surface area (TPSA) is 66.4 Å². The molecule has 2 N–H and O–H groups in total. The van der Waals surface area contributed by atoms with Gasteiger partial charge in [-0.3, -0.25) is 0 Å². The minimum absolute atomic E-state index is 0.250. The van der Waals surface area contributed by atoms with Gasteiger partial charge in [-0.25, -0.2) is 0 Å². The third kappa shape index (κ3) is 24.6. The molecule has 0 aromatic carbocycles. The lowest BCUT2D eigenvalue weighted by molar-refractivity contribution is -0.111. The average Bonchev–Trinajstić information content (AvgIpc) is 2.28. The number of aliphatic hydroxyl groups is 1. The Morgan fingerprint density at radius 3 is 2.13 bits per heavy atom. The fraction of sp³-hybridized carbons (Fsp3) is 0.818. The molecule has 0 bridgehead atoms. The number of carbonyl (C=O) groups excluding carboxylic acids is 2. The normalized spacial score (nSPS) is 10.1. The molecule has 0 fully saturated rings. The van der Waals surface area contributed by atoms with Crippen molar-refractivity contribution < 1.29 is 14.7 Å². The number of nitrogens with one attached hydrogen (secondary N) is 1. The first kappa shape index (κ1) is 19.8. The Morgan fingerprint density at radius 1 is 1.40 bits per heavy atom. The van der Waals surface area contributed by atoms with Gasteiger partial charge in [0.15, 0.2) is 0 Å². The van der Waals surface area contributed by atoms with Crippen LogP contribution in [0.15, 0.2) is 0 Å². The van der Waals surface area contributed by atoms with Crippen LogP contribution in [0.4, 0.5) is 0 Å². The maximum Gasteiger partial charge on any atom is 0.123 e. The lowest BCUT2D eigenvalue weighted by Gasteiger charge is -2.04. The van der Waals surface area contributed by atoms with Gasteiger partial charge in [-0.1, -0.05) is 6.92 Å². The van der Waals surface area contributed by atoms with E-state index in [1.54, 1.807) is 6.92 Å². The maximum atomic E-state index is 10.3. The first-order chi connectivity index (χ1) is 7.26. The van der Waals surface area contributed by atoms with E-state index in [2.05, 4.69) is 12.2 Å². The van der Waals surface area contributed by atoms with Crippen LogP contribution in [-0.2, 0) is 9.59 Å². The first-order valence-electron chi connectivity index (χ1n) is 5.26. The summed E-state index contributed by atoms with van der Waals surface area (Å²) in [5, 5.41) is 10.6. The highest BCUT2D eigenvalue weighted by Gasteiger charge is 2.01. The van der Waals surface area contributed by atoms with Gasteiger partial charge in [-0.15, -0.1) is 0 Å². The second-order valence-electron chi connectivity index (χ2n) is 2.87. The third-order valence-corrected chi connectivity index (χ3v) is 1.72. The van der Waals surface area contributed by atoms with Crippen molar-refractivity contribution in [3.05, 3.63) is 0 Å². The summed E-state index contributed by atoms with van der Waals surface area (Å²) in [6.07, 6.45) is 4.18. The van der Waals surface area contributed by atoms with E-state index < -0.39 is 0 Å². The number of hydrogen-bond acceptors (Lipinski definition) is 4. The van der Waals surface area contributed by atoms with Crippen LogP contribution in [0.2, 0.25) is 0 Å². The minimum Gasteiger partial charge on any atom is -0.397 e. The monoisotopic (exact) mass is 219 g/mol. The van der Waals surface area contributed by atoms with E-state index in [4.69, 9.17) is 9.90 Å². The Morgan fingerprint density at radius 2 is 1.87 bits per heavy atom. The van der Waals surface area contributed by atoms with Crippen LogP contribution in [0.3, 0.4) is 0 Å². The zero-order valence-corrected chi connectivity index (χ0v) is 10.2. The zero-order valence-electron chi connectivity index (χ0n) is 10.2. The Hall–Kier alpha value is -0.740. The molecule has 0 aliphatic carbocycles. The summed E-state index contributed by atoms with van der Waals surface area (Å²) in [5.74, 6) is 0.286. The van der Waals surface area contributed by atoms with Crippen LogP contribution < -0.4 is 5.32 Å². The molecule has 0 aliphatic rings. The van der Waals surface area contributed by atoms with Crippen molar-refractivity contribution in [1.29, 1.82) is 0 Å². The molecular formula is C11H25NO3. The predicted octanol–water partition coefficient (Wildman–Crippen LogP) is 1.02. The molecule has 1 unspecified atom stereocenters. The third-order valence-electron chi connectivity index (χ3n) is 1.72. The Kier molecular flexibility index (Phi) is 30.6. The molecule has 4 heteroatoms. The van der Waals surface area contributed by atoms with E-state index in [0.717, 1.165) is 32.1 Å². The highest BCUT2D eigenvalue weighted by molar-refractivity contribution is 5.53. The molecule has 92 valence electrons. The van der Waals surface area contributed by atoms with Gasteiger partial charge in [0.05, 0.1) is 0 Å². The van der Waals surface area contributed by atoms with E-state index in [1.807, 2.05) is 13.8 Å². The molecule has 0 aliphatic heterocycles. The van der Waals surface area contributed by atoms with Crippen LogP contribution in [0, 0.1) is 5.92 Å². The molecular weight excluding hydrogens is 194 g/mol. The van der Waals surface area contributed by atoms with Crippen molar-refractivity contribution in [3.8, 4) is 0 Å². The van der Waals surface area contributed by atoms with E-state index in [9.17, 15) is 4.79 Å². The summed E-state index contributed by atoms with van der Waals surface area (Å²) >= 11 is 0. The predicted molar refractivity (Wildman–Crippen MR) is 62.9 cm³/mol. The fourth-order valence-electron chi connectivity index (χ4n) is 0.909. The maximum absolute atomic E-state index is 10.3. The first-order valence-corrected chi connectivity index (χ1v) is 5.26. The van der Waals surface area contributed by atoms with Crippen LogP contribution in [0.5, 0.6) is 0 Å². The van der Waals surface area contributed by atoms with Crippen LogP contribution >= 0.6 is 0 Å². The second-order valence-corrected chi connectivity index (χ2v) is 2.87. The molecule has 0 rings (SSSR count).